The Hall–Kier alpha value is -3.36. The fourth-order valence-electron chi connectivity index (χ4n) is 7.13. The van der Waals surface area contributed by atoms with Crippen LogP contribution in [0.15, 0.2) is 42.0 Å². The van der Waals surface area contributed by atoms with Crippen LogP contribution in [0.5, 0.6) is 17.2 Å². The average molecular weight is 741 g/mol. The molecule has 2 saturated heterocycles. The summed E-state index contributed by atoms with van der Waals surface area (Å²) in [6.07, 6.45) is 1.66. The zero-order valence-corrected chi connectivity index (χ0v) is 26.2. The number of hydrogen-bond acceptors (Lipinski definition) is 8. The number of phenols is 2. The predicted octanol–water partition coefficient (Wildman–Crippen LogP) is 3.60. The van der Waals surface area contributed by atoms with Gasteiger partial charge >= 0.3 is 5.97 Å². The third kappa shape index (κ3) is 3.81. The molecule has 14 heteroatoms. The van der Waals surface area contributed by atoms with E-state index < -0.39 is 74.3 Å². The maximum Gasteiger partial charge on any atom is 0.339 e. The molecule has 0 spiro atoms. The first kappa shape index (κ1) is 29.7. The second kappa shape index (κ2) is 9.83. The quantitative estimate of drug-likeness (QED) is 0.184. The number of rotatable bonds is 4. The Morgan fingerprint density at radius 1 is 1.05 bits per heavy atom. The summed E-state index contributed by atoms with van der Waals surface area (Å²) < 4.78 is 5.74. The molecule has 224 valence electrons. The molecule has 2 aromatic rings. The monoisotopic (exact) mass is 740 g/mol. The topological polar surface area (TPSA) is 162 Å². The second-order valence-electron chi connectivity index (χ2n) is 11.1. The summed E-state index contributed by atoms with van der Waals surface area (Å²) in [4.78, 5) is 64.2. The van der Waals surface area contributed by atoms with Gasteiger partial charge in [-0.1, -0.05) is 11.6 Å². The Kier molecular flexibility index (Phi) is 6.79. The number of aromatic hydroxyl groups is 2. The number of fused-ring (bicyclic) bond motifs is 4. The highest BCUT2D eigenvalue weighted by Gasteiger charge is 2.76. The number of carbonyl (C=O) groups is 5. The Bertz CT molecular complexity index is 1710. The Labute approximate surface area is 268 Å². The SMILES string of the molecule is COc1cc([C@H]2C3=CC[C@@H]4C(=O)N(c5ccc(C(=O)O)c(O)c5)C(=O)[C@@H]4[C@@H]3C[C@@]3(Cl)C(=O)N(C)C(=O)[C@@]23Cl)cc(I)c1O. The molecule has 0 aromatic heterocycles. The summed E-state index contributed by atoms with van der Waals surface area (Å²) in [6, 6.07) is 6.52. The summed E-state index contributed by atoms with van der Waals surface area (Å²) in [5.41, 5.74) is 0.583. The summed E-state index contributed by atoms with van der Waals surface area (Å²) in [6.45, 7) is 0. The van der Waals surface area contributed by atoms with Gasteiger partial charge in [-0.05, 0) is 71.2 Å². The highest BCUT2D eigenvalue weighted by Crippen LogP contribution is 2.65. The van der Waals surface area contributed by atoms with Gasteiger partial charge in [0.1, 0.15) is 11.3 Å². The molecule has 2 aromatic carbocycles. The number of methoxy groups -OCH3 is 1. The van der Waals surface area contributed by atoms with Crippen molar-refractivity contribution in [1.29, 1.82) is 0 Å². The zero-order chi connectivity index (χ0) is 31.3. The van der Waals surface area contributed by atoms with Gasteiger partial charge in [0.15, 0.2) is 21.2 Å². The van der Waals surface area contributed by atoms with Crippen LogP contribution in [0.1, 0.15) is 34.7 Å². The number of phenolic OH excluding ortho intramolecular Hbond substituents is 1. The van der Waals surface area contributed by atoms with Crippen molar-refractivity contribution in [3.05, 3.63) is 56.7 Å². The zero-order valence-electron chi connectivity index (χ0n) is 22.5. The van der Waals surface area contributed by atoms with Crippen molar-refractivity contribution in [2.45, 2.75) is 28.5 Å². The van der Waals surface area contributed by atoms with E-state index in [1.807, 2.05) is 22.6 Å². The normalized spacial score (nSPS) is 31.5. The van der Waals surface area contributed by atoms with E-state index in [1.54, 1.807) is 12.1 Å². The van der Waals surface area contributed by atoms with Gasteiger partial charge in [0, 0.05) is 19.0 Å². The van der Waals surface area contributed by atoms with Gasteiger partial charge in [-0.2, -0.15) is 0 Å². The first-order valence-corrected chi connectivity index (χ1v) is 14.9. The molecule has 0 bridgehead atoms. The van der Waals surface area contributed by atoms with E-state index in [0.29, 0.717) is 14.7 Å². The number of likely N-dealkylation sites (tertiary alicyclic amines) is 1. The van der Waals surface area contributed by atoms with Crippen molar-refractivity contribution in [1.82, 2.24) is 4.90 Å². The summed E-state index contributed by atoms with van der Waals surface area (Å²) in [7, 11) is 2.65. The van der Waals surface area contributed by atoms with Crippen molar-refractivity contribution < 1.29 is 44.0 Å². The number of aromatic carboxylic acids is 1. The van der Waals surface area contributed by atoms with Crippen LogP contribution in [-0.4, -0.2) is 73.7 Å². The minimum atomic E-state index is -2.00. The third-order valence-electron chi connectivity index (χ3n) is 9.09. The van der Waals surface area contributed by atoms with Crippen LogP contribution in [0.4, 0.5) is 5.69 Å². The van der Waals surface area contributed by atoms with Crippen LogP contribution < -0.4 is 9.64 Å². The molecule has 4 aliphatic rings. The van der Waals surface area contributed by atoms with Gasteiger partial charge in [0.2, 0.25) is 11.8 Å². The standard InChI is InChI=1S/C29H23Cl2IN2O9/c1-33-26(41)28(30)10-16-13(21(29(28,31)27(33)42)11-7-17(32)22(36)19(8-11)43-2)5-6-15-20(16)24(38)34(23(15)37)12-3-4-14(25(39)40)18(35)9-12/h3-5,7-9,15-16,20-21,35-36H,6,10H2,1-2H3,(H,39,40)/t15-,16+,20-,21-,28+,29-/m0/s1. The number of imide groups is 2. The van der Waals surface area contributed by atoms with Crippen molar-refractivity contribution in [2.24, 2.45) is 17.8 Å². The number of nitrogens with zero attached hydrogens (tertiary/aromatic N) is 2. The van der Waals surface area contributed by atoms with E-state index in [1.165, 1.54) is 26.3 Å². The third-order valence-corrected chi connectivity index (χ3v) is 11.3. The minimum Gasteiger partial charge on any atom is -0.507 e. The van der Waals surface area contributed by atoms with Gasteiger partial charge in [-0.15, -0.1) is 23.2 Å². The van der Waals surface area contributed by atoms with Gasteiger partial charge in [0.25, 0.3) is 11.8 Å². The lowest BCUT2D eigenvalue weighted by Crippen LogP contribution is -2.60. The van der Waals surface area contributed by atoms with E-state index in [-0.39, 0.29) is 30.0 Å². The van der Waals surface area contributed by atoms with Crippen LogP contribution in [0.3, 0.4) is 0 Å². The fraction of sp³-hybridized carbons (Fsp3) is 0.345. The number of carboxylic acid groups (broad SMARTS) is 1. The molecule has 6 atom stereocenters. The summed E-state index contributed by atoms with van der Waals surface area (Å²) in [5.74, 6) is -8.29. The highest BCUT2D eigenvalue weighted by atomic mass is 127. The van der Waals surface area contributed by atoms with Crippen molar-refractivity contribution in [2.75, 3.05) is 19.1 Å². The van der Waals surface area contributed by atoms with Gasteiger partial charge in [0.05, 0.1) is 28.2 Å². The number of allylic oxidation sites excluding steroid dienone is 2. The van der Waals surface area contributed by atoms with Crippen molar-refractivity contribution in [3.63, 3.8) is 0 Å². The number of benzene rings is 2. The molecule has 3 N–H and O–H groups in total. The Balaban J connectivity index is 1.51. The van der Waals surface area contributed by atoms with Crippen LogP contribution >= 0.6 is 45.8 Å². The van der Waals surface area contributed by atoms with E-state index in [0.717, 1.165) is 21.9 Å². The number of amides is 4. The second-order valence-corrected chi connectivity index (χ2v) is 13.5. The molecule has 2 heterocycles. The lowest BCUT2D eigenvalue weighted by molar-refractivity contribution is -0.138. The van der Waals surface area contributed by atoms with Crippen molar-refractivity contribution >= 4 is 81.1 Å². The van der Waals surface area contributed by atoms with Crippen LogP contribution in [0.2, 0.25) is 0 Å². The fourth-order valence-corrected chi connectivity index (χ4v) is 8.77. The van der Waals surface area contributed by atoms with Gasteiger partial charge < -0.3 is 20.1 Å². The van der Waals surface area contributed by atoms with Gasteiger partial charge in [-0.25, -0.2) is 9.69 Å². The smallest absolute Gasteiger partial charge is 0.339 e. The molecule has 0 unspecified atom stereocenters. The number of halogens is 3. The predicted molar refractivity (Wildman–Crippen MR) is 160 cm³/mol. The molecule has 2 aliphatic carbocycles. The highest BCUT2D eigenvalue weighted by molar-refractivity contribution is 14.1. The van der Waals surface area contributed by atoms with Gasteiger partial charge in [-0.3, -0.25) is 24.1 Å². The summed E-state index contributed by atoms with van der Waals surface area (Å²) in [5, 5.41) is 30.0. The lowest BCUT2D eigenvalue weighted by Gasteiger charge is -2.50. The number of anilines is 1. The average Bonchev–Trinajstić information content (AvgIpc) is 3.29. The van der Waals surface area contributed by atoms with E-state index >= 15 is 0 Å². The molecule has 3 fully saturated rings. The molecule has 1 saturated carbocycles. The molecular weight excluding hydrogens is 718 g/mol. The lowest BCUT2D eigenvalue weighted by atomic mass is 9.56. The molecule has 43 heavy (non-hydrogen) atoms. The van der Waals surface area contributed by atoms with E-state index in [9.17, 15) is 39.3 Å². The molecule has 4 amide bonds. The number of carbonyl (C=O) groups excluding carboxylic acids is 4. The van der Waals surface area contributed by atoms with Crippen molar-refractivity contribution in [3.8, 4) is 17.2 Å². The largest absolute Gasteiger partial charge is 0.507 e. The van der Waals surface area contributed by atoms with E-state index in [4.69, 9.17) is 27.9 Å². The Morgan fingerprint density at radius 3 is 2.37 bits per heavy atom. The first-order chi connectivity index (χ1) is 20.2. The maximum absolute atomic E-state index is 14.1. The minimum absolute atomic E-state index is 0.00207. The van der Waals surface area contributed by atoms with Crippen LogP contribution in [0, 0.1) is 21.3 Å². The number of ether oxygens (including phenoxy) is 1. The molecule has 2 aliphatic heterocycles. The molecular formula is C29H23Cl2IN2O9. The number of alkyl halides is 2. The van der Waals surface area contributed by atoms with Crippen LogP contribution in [-0.2, 0) is 19.2 Å². The Morgan fingerprint density at radius 2 is 1.74 bits per heavy atom. The maximum atomic E-state index is 14.1. The van der Waals surface area contributed by atoms with Crippen LogP contribution in [0.25, 0.3) is 0 Å². The molecule has 0 radical (unpaired) electrons. The molecule has 6 rings (SSSR count). The number of carboxylic acids is 1. The van der Waals surface area contributed by atoms with E-state index in [2.05, 4.69) is 0 Å². The summed E-state index contributed by atoms with van der Waals surface area (Å²) >= 11 is 16.2. The first-order valence-electron chi connectivity index (χ1n) is 13.1. The number of hydrogen-bond donors (Lipinski definition) is 3. The molecule has 11 nitrogen and oxygen atoms in total.